The molecule has 0 unspecified atom stereocenters. The molecule has 0 atom stereocenters. The molecule has 164 valence electrons. The van der Waals surface area contributed by atoms with Crippen molar-refractivity contribution >= 4 is 23.9 Å². The zero-order chi connectivity index (χ0) is 23.3. The van der Waals surface area contributed by atoms with Crippen LogP contribution in [-0.4, -0.2) is 23.9 Å². The molecule has 0 N–H and O–H groups in total. The van der Waals surface area contributed by atoms with Gasteiger partial charge in [0, 0.05) is 33.1 Å². The zero-order valence-electron chi connectivity index (χ0n) is 18.2. The largest absolute Gasteiger partial charge is 0.423 e. The second kappa shape index (κ2) is 9.42. The molecular formula is C23H24O8. The number of hydrogen-bond donors (Lipinski definition) is 0. The van der Waals surface area contributed by atoms with Crippen LogP contribution in [0.3, 0.4) is 0 Å². The minimum absolute atomic E-state index is 0.102. The summed E-state index contributed by atoms with van der Waals surface area (Å²) in [5.74, 6) is -1.78. The number of carbonyl (C=O) groups excluding carboxylic acids is 4. The first-order valence-corrected chi connectivity index (χ1v) is 9.43. The van der Waals surface area contributed by atoms with Crippen LogP contribution in [0.5, 0.6) is 23.0 Å². The van der Waals surface area contributed by atoms with E-state index >= 15 is 0 Å². The van der Waals surface area contributed by atoms with Gasteiger partial charge in [-0.2, -0.15) is 0 Å². The summed E-state index contributed by atoms with van der Waals surface area (Å²) in [6, 6.07) is 9.75. The molecule has 0 aromatic heterocycles. The third kappa shape index (κ3) is 6.15. The molecule has 31 heavy (non-hydrogen) atoms. The van der Waals surface area contributed by atoms with Crippen molar-refractivity contribution in [2.75, 3.05) is 0 Å². The lowest BCUT2D eigenvalue weighted by Gasteiger charge is -2.27. The molecule has 8 heteroatoms. The van der Waals surface area contributed by atoms with Crippen LogP contribution in [0.25, 0.3) is 0 Å². The number of ether oxygens (including phenoxy) is 4. The van der Waals surface area contributed by atoms with Crippen LogP contribution in [0, 0.1) is 0 Å². The molecule has 0 radical (unpaired) electrons. The normalized spacial score (nSPS) is 10.8. The predicted octanol–water partition coefficient (Wildman–Crippen LogP) is 3.71. The van der Waals surface area contributed by atoms with Crippen molar-refractivity contribution in [3.8, 4) is 23.0 Å². The SMILES string of the molecule is CC(=O)Oc1ccc(C(C)(C)c2ccc(OC(C)=O)c(OC(C)=O)c2)cc1OC(C)=O. The Balaban J connectivity index is 2.54. The van der Waals surface area contributed by atoms with Crippen molar-refractivity contribution in [3.63, 3.8) is 0 Å². The Labute approximate surface area is 180 Å². The summed E-state index contributed by atoms with van der Waals surface area (Å²) >= 11 is 0. The summed E-state index contributed by atoms with van der Waals surface area (Å²) in [7, 11) is 0. The minimum Gasteiger partial charge on any atom is -0.423 e. The molecule has 0 saturated carbocycles. The lowest BCUT2D eigenvalue weighted by molar-refractivity contribution is -0.134. The van der Waals surface area contributed by atoms with Crippen LogP contribution in [0.2, 0.25) is 0 Å². The van der Waals surface area contributed by atoms with Crippen molar-refractivity contribution in [3.05, 3.63) is 47.5 Å². The molecular weight excluding hydrogens is 404 g/mol. The monoisotopic (exact) mass is 428 g/mol. The van der Waals surface area contributed by atoms with Gasteiger partial charge >= 0.3 is 23.9 Å². The number of carbonyl (C=O) groups is 4. The van der Waals surface area contributed by atoms with Crippen molar-refractivity contribution < 1.29 is 38.1 Å². The molecule has 0 fully saturated rings. The molecule has 8 nitrogen and oxygen atoms in total. The Bertz CT molecular complexity index is 954. The average Bonchev–Trinajstić information content (AvgIpc) is 2.62. The Morgan fingerprint density at radius 2 is 0.839 bits per heavy atom. The van der Waals surface area contributed by atoms with E-state index in [1.165, 1.54) is 39.8 Å². The fourth-order valence-corrected chi connectivity index (χ4v) is 2.91. The third-order valence-corrected chi connectivity index (χ3v) is 4.35. The second-order valence-corrected chi connectivity index (χ2v) is 7.32. The van der Waals surface area contributed by atoms with Crippen LogP contribution in [-0.2, 0) is 24.6 Å². The summed E-state index contributed by atoms with van der Waals surface area (Å²) in [5, 5.41) is 0. The Morgan fingerprint density at radius 1 is 0.548 bits per heavy atom. The van der Waals surface area contributed by atoms with E-state index < -0.39 is 29.3 Å². The van der Waals surface area contributed by atoms with Gasteiger partial charge in [-0.15, -0.1) is 0 Å². The van der Waals surface area contributed by atoms with Crippen molar-refractivity contribution in [2.24, 2.45) is 0 Å². The van der Waals surface area contributed by atoms with Gasteiger partial charge < -0.3 is 18.9 Å². The van der Waals surface area contributed by atoms with E-state index in [1.54, 1.807) is 24.3 Å². The lowest BCUT2D eigenvalue weighted by atomic mass is 9.78. The fourth-order valence-electron chi connectivity index (χ4n) is 2.91. The first kappa shape index (κ1) is 23.6. The number of esters is 4. The quantitative estimate of drug-likeness (QED) is 0.506. The van der Waals surface area contributed by atoms with Crippen LogP contribution >= 0.6 is 0 Å². The third-order valence-electron chi connectivity index (χ3n) is 4.35. The maximum Gasteiger partial charge on any atom is 0.308 e. The van der Waals surface area contributed by atoms with Gasteiger partial charge in [0.1, 0.15) is 0 Å². The highest BCUT2D eigenvalue weighted by Gasteiger charge is 2.27. The molecule has 0 saturated heterocycles. The number of rotatable bonds is 6. The molecule has 2 aromatic carbocycles. The average molecular weight is 428 g/mol. The van der Waals surface area contributed by atoms with E-state index in [0.29, 0.717) is 0 Å². The maximum absolute atomic E-state index is 11.5. The molecule has 2 aromatic rings. The smallest absolute Gasteiger partial charge is 0.308 e. The van der Waals surface area contributed by atoms with Crippen molar-refractivity contribution in [1.29, 1.82) is 0 Å². The van der Waals surface area contributed by atoms with E-state index in [4.69, 9.17) is 18.9 Å². The van der Waals surface area contributed by atoms with Gasteiger partial charge in [-0.3, -0.25) is 19.2 Å². The summed E-state index contributed by atoms with van der Waals surface area (Å²) in [6.45, 7) is 8.80. The molecule has 0 aliphatic carbocycles. The highest BCUT2D eigenvalue weighted by atomic mass is 16.6. The van der Waals surface area contributed by atoms with Crippen LogP contribution in [0.1, 0.15) is 52.7 Å². The molecule has 0 aliphatic heterocycles. The number of benzene rings is 2. The standard InChI is InChI=1S/C23H24O8/c1-13(24)28-19-9-7-17(11-21(19)30-15(3)26)23(5,6)18-8-10-20(29-14(2)25)22(12-18)31-16(4)27/h7-12H,1-6H3. The summed E-state index contributed by atoms with van der Waals surface area (Å²) in [5.41, 5.74) is 0.801. The van der Waals surface area contributed by atoms with Crippen molar-refractivity contribution in [2.45, 2.75) is 47.0 Å². The van der Waals surface area contributed by atoms with E-state index in [-0.39, 0.29) is 23.0 Å². The van der Waals surface area contributed by atoms with E-state index in [9.17, 15) is 19.2 Å². The maximum atomic E-state index is 11.5. The van der Waals surface area contributed by atoms with Crippen molar-refractivity contribution in [1.82, 2.24) is 0 Å². The Morgan fingerprint density at radius 3 is 1.13 bits per heavy atom. The topological polar surface area (TPSA) is 105 Å². The van der Waals surface area contributed by atoms with Crippen LogP contribution in [0.15, 0.2) is 36.4 Å². The van der Waals surface area contributed by atoms with Gasteiger partial charge in [-0.05, 0) is 35.4 Å². The summed E-state index contributed by atoms with van der Waals surface area (Å²) in [4.78, 5) is 45.7. The molecule has 0 amide bonds. The molecule has 2 rings (SSSR count). The fraction of sp³-hybridized carbons (Fsp3) is 0.304. The Hall–Kier alpha value is -3.68. The van der Waals surface area contributed by atoms with Gasteiger partial charge in [0.15, 0.2) is 23.0 Å². The Kier molecular flexibility index (Phi) is 7.17. The second-order valence-electron chi connectivity index (χ2n) is 7.32. The molecule has 0 bridgehead atoms. The molecule has 0 spiro atoms. The van der Waals surface area contributed by atoms with E-state index in [2.05, 4.69) is 0 Å². The number of hydrogen-bond acceptors (Lipinski definition) is 8. The molecule has 0 aliphatic rings. The van der Waals surface area contributed by atoms with E-state index in [0.717, 1.165) is 11.1 Å². The first-order valence-electron chi connectivity index (χ1n) is 9.43. The van der Waals surface area contributed by atoms with Gasteiger partial charge in [-0.25, -0.2) is 0 Å². The van der Waals surface area contributed by atoms with Gasteiger partial charge in [0.2, 0.25) is 0 Å². The van der Waals surface area contributed by atoms with E-state index in [1.807, 2.05) is 13.8 Å². The summed E-state index contributed by atoms with van der Waals surface area (Å²) < 4.78 is 20.7. The van der Waals surface area contributed by atoms with Gasteiger partial charge in [0.05, 0.1) is 0 Å². The minimum atomic E-state index is -0.659. The first-order chi connectivity index (χ1) is 14.4. The van der Waals surface area contributed by atoms with Gasteiger partial charge in [0.25, 0.3) is 0 Å². The predicted molar refractivity (Wildman–Crippen MR) is 110 cm³/mol. The highest BCUT2D eigenvalue weighted by Crippen LogP contribution is 2.40. The highest BCUT2D eigenvalue weighted by molar-refractivity contribution is 5.75. The summed E-state index contributed by atoms with van der Waals surface area (Å²) in [6.07, 6.45) is 0. The zero-order valence-corrected chi connectivity index (χ0v) is 18.2. The van der Waals surface area contributed by atoms with Crippen LogP contribution in [0.4, 0.5) is 0 Å². The van der Waals surface area contributed by atoms with Crippen LogP contribution < -0.4 is 18.9 Å². The molecule has 0 heterocycles. The lowest BCUT2D eigenvalue weighted by Crippen LogP contribution is -2.20. The van der Waals surface area contributed by atoms with Gasteiger partial charge in [-0.1, -0.05) is 26.0 Å².